The van der Waals surface area contributed by atoms with E-state index in [1.165, 1.54) is 0 Å². The van der Waals surface area contributed by atoms with Crippen LogP contribution in [0, 0.1) is 0 Å². The van der Waals surface area contributed by atoms with Gasteiger partial charge in [-0.1, -0.05) is 32.3 Å². The molecule has 0 spiro atoms. The highest BCUT2D eigenvalue weighted by Gasteiger charge is 2.24. The SMILES string of the molecule is CCN(c1ccnc(C(=O)S)n1)[Si](C)(C)C. The van der Waals surface area contributed by atoms with Gasteiger partial charge in [-0.15, -0.1) is 0 Å². The van der Waals surface area contributed by atoms with Crippen molar-refractivity contribution in [2.24, 2.45) is 0 Å². The maximum absolute atomic E-state index is 11.1. The maximum atomic E-state index is 11.1. The molecule has 0 fully saturated rings. The van der Waals surface area contributed by atoms with Crippen molar-refractivity contribution in [3.63, 3.8) is 0 Å². The lowest BCUT2D eigenvalue weighted by Crippen LogP contribution is -2.46. The first kappa shape index (κ1) is 13.2. The quantitative estimate of drug-likeness (QED) is 0.662. The van der Waals surface area contributed by atoms with Gasteiger partial charge in [0.25, 0.3) is 5.12 Å². The Kier molecular flexibility index (Phi) is 4.09. The van der Waals surface area contributed by atoms with Gasteiger partial charge in [0, 0.05) is 12.7 Å². The number of hydrogen-bond acceptors (Lipinski definition) is 4. The molecule has 4 nitrogen and oxygen atoms in total. The summed E-state index contributed by atoms with van der Waals surface area (Å²) in [6.45, 7) is 9.68. The van der Waals surface area contributed by atoms with Crippen LogP contribution in [0.15, 0.2) is 12.3 Å². The van der Waals surface area contributed by atoms with Crippen LogP contribution in [0.25, 0.3) is 0 Å². The molecule has 0 bridgehead atoms. The Labute approximate surface area is 103 Å². The van der Waals surface area contributed by atoms with E-state index in [1.807, 2.05) is 6.07 Å². The Hall–Kier alpha value is -0.883. The zero-order valence-electron chi connectivity index (χ0n) is 10.1. The molecule has 0 N–H and O–H groups in total. The van der Waals surface area contributed by atoms with E-state index in [4.69, 9.17) is 0 Å². The highest BCUT2D eigenvalue weighted by atomic mass is 32.1. The Morgan fingerprint density at radius 1 is 1.50 bits per heavy atom. The summed E-state index contributed by atoms with van der Waals surface area (Å²) < 4.78 is 2.24. The number of rotatable bonds is 4. The third kappa shape index (κ3) is 3.05. The summed E-state index contributed by atoms with van der Waals surface area (Å²) in [5, 5.41) is -0.395. The predicted octanol–water partition coefficient (Wildman–Crippen LogP) is 2.21. The van der Waals surface area contributed by atoms with E-state index in [1.54, 1.807) is 6.20 Å². The van der Waals surface area contributed by atoms with E-state index in [0.29, 0.717) is 0 Å². The molecule has 0 unspecified atom stereocenters. The van der Waals surface area contributed by atoms with Crippen molar-refractivity contribution in [1.29, 1.82) is 0 Å². The molecule has 88 valence electrons. The first-order valence-corrected chi connectivity index (χ1v) is 9.09. The lowest BCUT2D eigenvalue weighted by Gasteiger charge is -2.34. The molecule has 1 rings (SSSR count). The topological polar surface area (TPSA) is 46.1 Å². The van der Waals surface area contributed by atoms with Crippen molar-refractivity contribution in [3.05, 3.63) is 18.1 Å². The summed E-state index contributed by atoms with van der Waals surface area (Å²) >= 11 is 3.73. The van der Waals surface area contributed by atoms with Crippen LogP contribution in [0.3, 0.4) is 0 Å². The Bertz CT molecular complexity index is 392. The number of anilines is 1. The molecule has 16 heavy (non-hydrogen) atoms. The summed E-state index contributed by atoms with van der Waals surface area (Å²) in [4.78, 5) is 19.2. The zero-order valence-corrected chi connectivity index (χ0v) is 12.0. The van der Waals surface area contributed by atoms with Crippen molar-refractivity contribution >= 4 is 31.8 Å². The minimum atomic E-state index is -1.48. The number of carbonyl (C=O) groups excluding carboxylic acids is 1. The first-order valence-electron chi connectivity index (χ1n) is 5.20. The summed E-state index contributed by atoms with van der Waals surface area (Å²) in [5.74, 6) is 0.978. The third-order valence-corrected chi connectivity index (χ3v) is 4.60. The van der Waals surface area contributed by atoms with Gasteiger partial charge < -0.3 is 4.57 Å². The Morgan fingerprint density at radius 3 is 2.56 bits per heavy atom. The fourth-order valence-electron chi connectivity index (χ4n) is 1.58. The van der Waals surface area contributed by atoms with Crippen LogP contribution in [0.1, 0.15) is 17.5 Å². The highest BCUT2D eigenvalue weighted by Crippen LogP contribution is 2.18. The molecule has 0 aliphatic rings. The first-order chi connectivity index (χ1) is 7.36. The monoisotopic (exact) mass is 255 g/mol. The molecule has 0 saturated carbocycles. The standard InChI is InChI=1S/C10H17N3OSSi/c1-5-13(16(2,3)4)8-6-7-11-9(12-8)10(14)15/h6-7H,5H2,1-4H3,(H,14,15). The predicted molar refractivity (Wildman–Crippen MR) is 71.7 cm³/mol. The fraction of sp³-hybridized carbons (Fsp3) is 0.500. The van der Waals surface area contributed by atoms with Gasteiger partial charge in [-0.25, -0.2) is 9.97 Å². The van der Waals surface area contributed by atoms with Crippen LogP contribution in [-0.2, 0) is 0 Å². The van der Waals surface area contributed by atoms with Crippen LogP contribution in [0.4, 0.5) is 5.82 Å². The molecule has 1 aromatic rings. The van der Waals surface area contributed by atoms with E-state index in [9.17, 15) is 4.79 Å². The van der Waals surface area contributed by atoms with Crippen molar-refractivity contribution in [1.82, 2.24) is 9.97 Å². The molecule has 0 aliphatic carbocycles. The van der Waals surface area contributed by atoms with Crippen molar-refractivity contribution in [2.75, 3.05) is 11.1 Å². The van der Waals surface area contributed by atoms with Gasteiger partial charge in [-0.05, 0) is 13.0 Å². The lowest BCUT2D eigenvalue weighted by atomic mass is 10.5. The smallest absolute Gasteiger partial charge is 0.253 e. The van der Waals surface area contributed by atoms with E-state index in [2.05, 4.69) is 53.7 Å². The van der Waals surface area contributed by atoms with Crippen molar-refractivity contribution < 1.29 is 4.79 Å². The van der Waals surface area contributed by atoms with Gasteiger partial charge in [0.1, 0.15) is 14.1 Å². The van der Waals surface area contributed by atoms with E-state index >= 15 is 0 Å². The molecule has 6 heteroatoms. The van der Waals surface area contributed by atoms with Crippen LogP contribution in [0.5, 0.6) is 0 Å². The lowest BCUT2D eigenvalue weighted by molar-refractivity contribution is 0.108. The van der Waals surface area contributed by atoms with Gasteiger partial charge >= 0.3 is 0 Å². The van der Waals surface area contributed by atoms with Crippen LogP contribution in [0.2, 0.25) is 19.6 Å². The Morgan fingerprint density at radius 2 is 2.12 bits per heavy atom. The van der Waals surface area contributed by atoms with Crippen molar-refractivity contribution in [3.8, 4) is 0 Å². The average molecular weight is 255 g/mol. The zero-order chi connectivity index (χ0) is 12.3. The molecule has 0 aromatic carbocycles. The summed E-state index contributed by atoms with van der Waals surface area (Å²) in [6, 6.07) is 1.84. The molecule has 0 atom stereocenters. The number of hydrogen-bond donors (Lipinski definition) is 1. The van der Waals surface area contributed by atoms with Gasteiger partial charge in [-0.2, -0.15) is 0 Å². The second-order valence-electron chi connectivity index (χ2n) is 4.46. The van der Waals surface area contributed by atoms with Crippen LogP contribution < -0.4 is 4.57 Å². The number of nitrogens with zero attached hydrogens (tertiary/aromatic N) is 3. The maximum Gasteiger partial charge on any atom is 0.253 e. The Balaban J connectivity index is 3.11. The third-order valence-electron chi connectivity index (χ3n) is 2.23. The summed E-state index contributed by atoms with van der Waals surface area (Å²) in [7, 11) is -1.48. The molecule has 0 aliphatic heterocycles. The second kappa shape index (κ2) is 4.97. The van der Waals surface area contributed by atoms with Crippen molar-refractivity contribution in [2.45, 2.75) is 26.6 Å². The average Bonchev–Trinajstić information content (AvgIpc) is 2.17. The van der Waals surface area contributed by atoms with E-state index in [-0.39, 0.29) is 5.82 Å². The van der Waals surface area contributed by atoms with E-state index < -0.39 is 13.4 Å². The van der Waals surface area contributed by atoms with Crippen LogP contribution in [-0.4, -0.2) is 29.9 Å². The molecule has 0 saturated heterocycles. The second-order valence-corrected chi connectivity index (χ2v) is 9.75. The molecular weight excluding hydrogens is 238 g/mol. The molecule has 0 radical (unpaired) electrons. The normalized spacial score (nSPS) is 11.3. The highest BCUT2D eigenvalue weighted by molar-refractivity contribution is 7.97. The minimum Gasteiger partial charge on any atom is -0.384 e. The molecule has 0 amide bonds. The van der Waals surface area contributed by atoms with Gasteiger partial charge in [0.2, 0.25) is 5.82 Å². The molecule has 1 aromatic heterocycles. The summed E-state index contributed by atoms with van der Waals surface area (Å²) in [6.07, 6.45) is 1.61. The fourth-order valence-corrected chi connectivity index (χ4v) is 3.45. The number of carbonyl (C=O) groups is 1. The van der Waals surface area contributed by atoms with Crippen LogP contribution >= 0.6 is 12.6 Å². The largest absolute Gasteiger partial charge is 0.384 e. The molecule has 1 heterocycles. The summed E-state index contributed by atoms with van der Waals surface area (Å²) in [5.41, 5.74) is 0. The van der Waals surface area contributed by atoms with Gasteiger partial charge in [-0.3, -0.25) is 4.79 Å². The number of aromatic nitrogens is 2. The van der Waals surface area contributed by atoms with Gasteiger partial charge in [0.15, 0.2) is 0 Å². The minimum absolute atomic E-state index is 0.164. The van der Waals surface area contributed by atoms with Gasteiger partial charge in [0.05, 0.1) is 0 Å². The van der Waals surface area contributed by atoms with E-state index in [0.717, 1.165) is 12.4 Å². The molecular formula is C10H17N3OSSi. The number of thiol groups is 1.